The van der Waals surface area contributed by atoms with Gasteiger partial charge in [0.05, 0.1) is 12.7 Å². The van der Waals surface area contributed by atoms with Crippen LogP contribution in [-0.4, -0.2) is 27.7 Å². The van der Waals surface area contributed by atoms with Crippen molar-refractivity contribution in [2.75, 3.05) is 7.11 Å². The van der Waals surface area contributed by atoms with Gasteiger partial charge in [-0.15, -0.1) is 11.3 Å². The van der Waals surface area contributed by atoms with E-state index in [0.717, 1.165) is 5.82 Å². The summed E-state index contributed by atoms with van der Waals surface area (Å²) >= 11 is 1.66. The van der Waals surface area contributed by atoms with E-state index >= 15 is 0 Å². The second kappa shape index (κ2) is 5.21. The Balaban J connectivity index is 2.21. The summed E-state index contributed by atoms with van der Waals surface area (Å²) < 4.78 is 7.24. The molecule has 5 nitrogen and oxygen atoms in total. The molecule has 0 saturated carbocycles. The van der Waals surface area contributed by atoms with Crippen LogP contribution in [-0.2, 0) is 13.5 Å². The molecule has 6 heteroatoms. The third-order valence-corrected chi connectivity index (χ3v) is 4.32. The van der Waals surface area contributed by atoms with Crippen molar-refractivity contribution in [2.45, 2.75) is 6.42 Å². The number of benzene rings is 1. The average molecular weight is 302 g/mol. The molecule has 0 amide bonds. The van der Waals surface area contributed by atoms with E-state index in [1.54, 1.807) is 24.5 Å². The Morgan fingerprint density at radius 1 is 1.43 bits per heavy atom. The monoisotopic (exact) mass is 302 g/mol. The summed E-state index contributed by atoms with van der Waals surface area (Å²) in [5.41, 5.74) is 1.37. The molecule has 3 aromatic rings. The predicted octanol–water partition coefficient (Wildman–Crippen LogP) is 2.93. The van der Waals surface area contributed by atoms with E-state index in [0.29, 0.717) is 23.2 Å². The Morgan fingerprint density at radius 3 is 2.86 bits per heavy atom. The fraction of sp³-hybridized carbons (Fsp3) is 0.200. The number of methoxy groups -OCH3 is 1. The van der Waals surface area contributed by atoms with Gasteiger partial charge in [-0.25, -0.2) is 9.78 Å². The number of nitrogens with zero attached hydrogens (tertiary/aromatic N) is 2. The van der Waals surface area contributed by atoms with Gasteiger partial charge in [0.2, 0.25) is 0 Å². The molecule has 2 heterocycles. The fourth-order valence-electron chi connectivity index (χ4n) is 2.40. The molecule has 2 aromatic heterocycles. The molecule has 0 aliphatic carbocycles. The molecule has 0 bridgehead atoms. The summed E-state index contributed by atoms with van der Waals surface area (Å²) in [6.45, 7) is 0. The summed E-state index contributed by atoms with van der Waals surface area (Å²) in [4.78, 5) is 17.1. The zero-order valence-corrected chi connectivity index (χ0v) is 12.5. The molecule has 0 radical (unpaired) electrons. The minimum atomic E-state index is -0.983. The number of hydrogen-bond donors (Lipinski definition) is 1. The molecule has 1 N–H and O–H groups in total. The molecule has 1 aromatic carbocycles. The Hall–Kier alpha value is -2.34. The SMILES string of the molecule is COc1ccc(C(=O)O)c2nc(Cc3cccs3)n(C)c12. The lowest BCUT2D eigenvalue weighted by atomic mass is 10.1. The van der Waals surface area contributed by atoms with Gasteiger partial charge in [-0.1, -0.05) is 6.07 Å². The van der Waals surface area contributed by atoms with E-state index in [-0.39, 0.29) is 5.56 Å². The van der Waals surface area contributed by atoms with Crippen LogP contribution in [0.2, 0.25) is 0 Å². The fourth-order valence-corrected chi connectivity index (χ4v) is 3.10. The van der Waals surface area contributed by atoms with Gasteiger partial charge in [0.1, 0.15) is 22.6 Å². The van der Waals surface area contributed by atoms with Gasteiger partial charge in [-0.05, 0) is 23.6 Å². The number of aromatic carboxylic acids is 1. The van der Waals surface area contributed by atoms with Gasteiger partial charge >= 0.3 is 5.97 Å². The van der Waals surface area contributed by atoms with Gasteiger partial charge in [0.25, 0.3) is 0 Å². The van der Waals surface area contributed by atoms with Crippen LogP contribution >= 0.6 is 11.3 Å². The number of thiophene rings is 1. The molecule has 108 valence electrons. The summed E-state index contributed by atoms with van der Waals surface area (Å²) in [7, 11) is 3.45. The molecule has 0 unspecified atom stereocenters. The Bertz CT molecular complexity index is 806. The first kappa shape index (κ1) is 13.6. The second-order valence-corrected chi connectivity index (χ2v) is 5.69. The van der Waals surface area contributed by atoms with Crippen molar-refractivity contribution in [3.8, 4) is 5.75 Å². The highest BCUT2D eigenvalue weighted by molar-refractivity contribution is 7.09. The van der Waals surface area contributed by atoms with E-state index < -0.39 is 5.97 Å². The number of ether oxygens (including phenoxy) is 1. The number of hydrogen-bond acceptors (Lipinski definition) is 4. The van der Waals surface area contributed by atoms with Gasteiger partial charge in [-0.2, -0.15) is 0 Å². The number of carboxylic acid groups (broad SMARTS) is 1. The molecule has 0 aliphatic rings. The molecular formula is C15H14N2O3S. The molecular weight excluding hydrogens is 288 g/mol. The molecule has 0 spiro atoms. The van der Waals surface area contributed by atoms with Crippen molar-refractivity contribution < 1.29 is 14.6 Å². The van der Waals surface area contributed by atoms with E-state index in [9.17, 15) is 9.90 Å². The summed E-state index contributed by atoms with van der Waals surface area (Å²) in [5.74, 6) is 0.463. The van der Waals surface area contributed by atoms with E-state index in [1.807, 2.05) is 29.1 Å². The quantitative estimate of drug-likeness (QED) is 0.805. The third kappa shape index (κ3) is 2.27. The van der Waals surface area contributed by atoms with Crippen molar-refractivity contribution in [2.24, 2.45) is 7.05 Å². The molecule has 0 saturated heterocycles. The zero-order valence-electron chi connectivity index (χ0n) is 11.7. The van der Waals surface area contributed by atoms with Crippen LogP contribution in [0.4, 0.5) is 0 Å². The van der Waals surface area contributed by atoms with Crippen molar-refractivity contribution in [3.63, 3.8) is 0 Å². The van der Waals surface area contributed by atoms with Gasteiger partial charge < -0.3 is 14.4 Å². The maximum absolute atomic E-state index is 11.4. The van der Waals surface area contributed by atoms with Crippen LogP contribution in [0, 0.1) is 0 Å². The first-order chi connectivity index (χ1) is 10.1. The van der Waals surface area contributed by atoms with Crippen LogP contribution in [0.5, 0.6) is 5.75 Å². The first-order valence-electron chi connectivity index (χ1n) is 6.39. The minimum absolute atomic E-state index is 0.193. The molecule has 0 atom stereocenters. The number of rotatable bonds is 4. The number of carboxylic acids is 1. The number of aromatic nitrogens is 2. The molecule has 3 rings (SSSR count). The Labute approximate surface area is 125 Å². The van der Waals surface area contributed by atoms with E-state index in [2.05, 4.69) is 4.98 Å². The van der Waals surface area contributed by atoms with Gasteiger partial charge in [-0.3, -0.25) is 0 Å². The number of carbonyl (C=O) groups is 1. The first-order valence-corrected chi connectivity index (χ1v) is 7.27. The van der Waals surface area contributed by atoms with Crippen LogP contribution < -0.4 is 4.74 Å². The summed E-state index contributed by atoms with van der Waals surface area (Å²) in [6.07, 6.45) is 0.672. The topological polar surface area (TPSA) is 64.3 Å². The average Bonchev–Trinajstić information content (AvgIpc) is 3.08. The number of aryl methyl sites for hydroxylation is 1. The summed E-state index contributed by atoms with van der Waals surface area (Å²) in [5, 5.41) is 11.3. The van der Waals surface area contributed by atoms with Gasteiger partial charge in [0.15, 0.2) is 0 Å². The Morgan fingerprint density at radius 2 is 2.24 bits per heavy atom. The van der Waals surface area contributed by atoms with Crippen molar-refractivity contribution in [1.82, 2.24) is 9.55 Å². The smallest absolute Gasteiger partial charge is 0.337 e. The van der Waals surface area contributed by atoms with Crippen molar-refractivity contribution in [3.05, 3.63) is 45.9 Å². The highest BCUT2D eigenvalue weighted by atomic mass is 32.1. The van der Waals surface area contributed by atoms with Crippen molar-refractivity contribution >= 4 is 28.3 Å². The minimum Gasteiger partial charge on any atom is -0.494 e. The lowest BCUT2D eigenvalue weighted by Gasteiger charge is -2.06. The molecule has 0 aliphatic heterocycles. The lowest BCUT2D eigenvalue weighted by molar-refractivity contribution is 0.0699. The van der Waals surface area contributed by atoms with Crippen LogP contribution in [0.15, 0.2) is 29.6 Å². The van der Waals surface area contributed by atoms with Crippen LogP contribution in [0.3, 0.4) is 0 Å². The largest absolute Gasteiger partial charge is 0.494 e. The second-order valence-electron chi connectivity index (χ2n) is 4.66. The number of imidazole rings is 1. The highest BCUT2D eigenvalue weighted by Gasteiger charge is 2.19. The third-order valence-electron chi connectivity index (χ3n) is 3.44. The van der Waals surface area contributed by atoms with Crippen molar-refractivity contribution in [1.29, 1.82) is 0 Å². The zero-order chi connectivity index (χ0) is 15.0. The number of fused-ring (bicyclic) bond motifs is 1. The standard InChI is InChI=1S/C15H14N2O3S/c1-17-12(8-9-4-3-7-21-9)16-13-10(15(18)19)5-6-11(20-2)14(13)17/h3-7H,8H2,1-2H3,(H,18,19). The molecule has 21 heavy (non-hydrogen) atoms. The Kier molecular flexibility index (Phi) is 3.39. The summed E-state index contributed by atoms with van der Waals surface area (Å²) in [6, 6.07) is 7.24. The predicted molar refractivity (Wildman–Crippen MR) is 81.4 cm³/mol. The highest BCUT2D eigenvalue weighted by Crippen LogP contribution is 2.30. The van der Waals surface area contributed by atoms with E-state index in [4.69, 9.17) is 4.74 Å². The molecule has 0 fully saturated rings. The van der Waals surface area contributed by atoms with Gasteiger partial charge in [0, 0.05) is 18.3 Å². The lowest BCUT2D eigenvalue weighted by Crippen LogP contribution is -2.00. The van der Waals surface area contributed by atoms with Crippen LogP contribution in [0.25, 0.3) is 11.0 Å². The van der Waals surface area contributed by atoms with Crippen LogP contribution in [0.1, 0.15) is 21.1 Å². The maximum atomic E-state index is 11.4. The van der Waals surface area contributed by atoms with E-state index in [1.165, 1.54) is 10.9 Å². The normalized spacial score (nSPS) is 11.0. The maximum Gasteiger partial charge on any atom is 0.337 e.